The number of para-hydroxylation sites is 1. The topological polar surface area (TPSA) is 52.8 Å². The van der Waals surface area contributed by atoms with E-state index in [0.29, 0.717) is 25.6 Å². The highest BCUT2D eigenvalue weighted by Crippen LogP contribution is 2.26. The van der Waals surface area contributed by atoms with Crippen LogP contribution in [0.3, 0.4) is 0 Å². The Balaban J connectivity index is 1.57. The fourth-order valence-electron chi connectivity index (χ4n) is 2.84. The normalized spacial score (nSPS) is 18.0. The number of nitrogens with zero attached hydrogens (tertiary/aromatic N) is 2. The van der Waals surface area contributed by atoms with Gasteiger partial charge in [0, 0.05) is 26.2 Å². The Kier molecular flexibility index (Phi) is 4.98. The summed E-state index contributed by atoms with van der Waals surface area (Å²) in [6.07, 6.45) is 2.39. The van der Waals surface area contributed by atoms with Crippen LogP contribution in [0.2, 0.25) is 0 Å². The number of hydrogen-bond acceptors (Lipinski definition) is 3. The fourth-order valence-corrected chi connectivity index (χ4v) is 2.84. The lowest BCUT2D eigenvalue weighted by molar-refractivity contribution is 0.500. The highest BCUT2D eigenvalue weighted by atomic mass is 19.1. The SMILES string of the molecule is CN=C(NCc1ccco1)NC1CCN(c2c(F)cccc2F)C1. The number of rotatable bonds is 4. The van der Waals surface area contributed by atoms with Crippen LogP contribution in [-0.4, -0.2) is 32.1 Å². The van der Waals surface area contributed by atoms with Gasteiger partial charge in [-0.2, -0.15) is 0 Å². The lowest BCUT2D eigenvalue weighted by atomic mass is 10.2. The van der Waals surface area contributed by atoms with Gasteiger partial charge in [0.25, 0.3) is 0 Å². The first kappa shape index (κ1) is 16.3. The smallest absolute Gasteiger partial charge is 0.191 e. The highest BCUT2D eigenvalue weighted by Gasteiger charge is 2.27. The van der Waals surface area contributed by atoms with Crippen molar-refractivity contribution in [2.24, 2.45) is 4.99 Å². The summed E-state index contributed by atoms with van der Waals surface area (Å²) in [4.78, 5) is 5.89. The minimum absolute atomic E-state index is 0.0420. The van der Waals surface area contributed by atoms with Gasteiger partial charge in [-0.1, -0.05) is 6.07 Å². The molecule has 0 spiro atoms. The molecule has 1 aromatic carbocycles. The van der Waals surface area contributed by atoms with Gasteiger partial charge in [0.05, 0.1) is 12.8 Å². The average molecular weight is 334 g/mol. The Hall–Kier alpha value is -2.57. The molecule has 5 nitrogen and oxygen atoms in total. The van der Waals surface area contributed by atoms with E-state index >= 15 is 0 Å². The zero-order valence-electron chi connectivity index (χ0n) is 13.4. The van der Waals surface area contributed by atoms with Gasteiger partial charge < -0.3 is 20.0 Å². The summed E-state index contributed by atoms with van der Waals surface area (Å²) < 4.78 is 33.0. The van der Waals surface area contributed by atoms with E-state index in [9.17, 15) is 8.78 Å². The van der Waals surface area contributed by atoms with Gasteiger partial charge in [0.1, 0.15) is 23.1 Å². The van der Waals surface area contributed by atoms with Gasteiger partial charge in [0.2, 0.25) is 0 Å². The van der Waals surface area contributed by atoms with Crippen molar-refractivity contribution in [3.8, 4) is 0 Å². The first-order chi connectivity index (χ1) is 11.7. The molecule has 3 rings (SSSR count). The molecule has 24 heavy (non-hydrogen) atoms. The minimum Gasteiger partial charge on any atom is -0.467 e. The summed E-state index contributed by atoms with van der Waals surface area (Å²) in [6, 6.07) is 7.70. The Labute approximate surface area is 139 Å². The van der Waals surface area contributed by atoms with Gasteiger partial charge in [-0.25, -0.2) is 8.78 Å². The Morgan fingerprint density at radius 3 is 2.75 bits per heavy atom. The number of nitrogens with one attached hydrogen (secondary N) is 2. The highest BCUT2D eigenvalue weighted by molar-refractivity contribution is 5.80. The van der Waals surface area contributed by atoms with Gasteiger partial charge in [0.15, 0.2) is 5.96 Å². The Bertz CT molecular complexity index is 682. The third-order valence-corrected chi connectivity index (χ3v) is 4.02. The maximum atomic E-state index is 13.9. The Morgan fingerprint density at radius 2 is 2.08 bits per heavy atom. The maximum Gasteiger partial charge on any atom is 0.191 e. The molecule has 0 amide bonds. The Morgan fingerprint density at radius 1 is 1.29 bits per heavy atom. The predicted octanol–water partition coefficient (Wildman–Crippen LogP) is 2.50. The largest absolute Gasteiger partial charge is 0.467 e. The van der Waals surface area contributed by atoms with Crippen LogP contribution < -0.4 is 15.5 Å². The van der Waals surface area contributed by atoms with Crippen LogP contribution in [-0.2, 0) is 6.54 Å². The number of aliphatic imine (C=N–C) groups is 1. The lowest BCUT2D eigenvalue weighted by Gasteiger charge is -2.21. The molecule has 2 aromatic rings. The zero-order valence-corrected chi connectivity index (χ0v) is 13.4. The number of benzene rings is 1. The van der Waals surface area contributed by atoms with E-state index < -0.39 is 11.6 Å². The van der Waals surface area contributed by atoms with E-state index in [1.807, 2.05) is 12.1 Å². The molecule has 2 N–H and O–H groups in total. The summed E-state index contributed by atoms with van der Waals surface area (Å²) in [7, 11) is 1.68. The third-order valence-electron chi connectivity index (χ3n) is 4.02. The predicted molar refractivity (Wildman–Crippen MR) is 89.0 cm³/mol. The first-order valence-electron chi connectivity index (χ1n) is 7.86. The molecule has 0 bridgehead atoms. The van der Waals surface area contributed by atoms with Gasteiger partial charge >= 0.3 is 0 Å². The second-order valence-electron chi connectivity index (χ2n) is 5.65. The molecule has 128 valence electrons. The molecule has 1 aliphatic heterocycles. The molecule has 1 aromatic heterocycles. The first-order valence-corrected chi connectivity index (χ1v) is 7.86. The van der Waals surface area contributed by atoms with E-state index in [4.69, 9.17) is 4.42 Å². The summed E-state index contributed by atoms with van der Waals surface area (Å²) in [5.74, 6) is 0.374. The van der Waals surface area contributed by atoms with Crippen molar-refractivity contribution in [2.45, 2.75) is 19.0 Å². The molecule has 1 aliphatic rings. The monoisotopic (exact) mass is 334 g/mol. The lowest BCUT2D eigenvalue weighted by Crippen LogP contribution is -2.44. The number of guanidine groups is 1. The van der Waals surface area contributed by atoms with Crippen LogP contribution in [0.5, 0.6) is 0 Å². The van der Waals surface area contributed by atoms with Crippen LogP contribution in [0, 0.1) is 11.6 Å². The fraction of sp³-hybridized carbons (Fsp3) is 0.353. The molecular formula is C17H20F2N4O. The molecule has 2 heterocycles. The van der Waals surface area contributed by atoms with Crippen molar-refractivity contribution in [1.82, 2.24) is 10.6 Å². The zero-order chi connectivity index (χ0) is 16.9. The van der Waals surface area contributed by atoms with Crippen LogP contribution in [0.4, 0.5) is 14.5 Å². The molecule has 1 atom stereocenters. The summed E-state index contributed by atoms with van der Waals surface area (Å²) in [6.45, 7) is 1.62. The van der Waals surface area contributed by atoms with Crippen molar-refractivity contribution in [3.05, 3.63) is 54.0 Å². The number of anilines is 1. The molecule has 1 unspecified atom stereocenters. The van der Waals surface area contributed by atoms with E-state index in [1.165, 1.54) is 18.2 Å². The second kappa shape index (κ2) is 7.33. The van der Waals surface area contributed by atoms with Crippen LogP contribution in [0.1, 0.15) is 12.2 Å². The molecule has 1 saturated heterocycles. The van der Waals surface area contributed by atoms with Gasteiger partial charge in [-0.15, -0.1) is 0 Å². The van der Waals surface area contributed by atoms with E-state index in [0.717, 1.165) is 12.2 Å². The van der Waals surface area contributed by atoms with Crippen molar-refractivity contribution >= 4 is 11.6 Å². The van der Waals surface area contributed by atoms with Crippen LogP contribution in [0.25, 0.3) is 0 Å². The molecule has 0 saturated carbocycles. The molecule has 0 radical (unpaired) electrons. The quantitative estimate of drug-likeness (QED) is 0.666. The number of furan rings is 1. The van der Waals surface area contributed by atoms with Crippen molar-refractivity contribution in [2.75, 3.05) is 25.0 Å². The summed E-state index contributed by atoms with van der Waals surface area (Å²) in [5.41, 5.74) is 0.0420. The summed E-state index contributed by atoms with van der Waals surface area (Å²) >= 11 is 0. The van der Waals surface area contributed by atoms with Crippen molar-refractivity contribution in [1.29, 1.82) is 0 Å². The minimum atomic E-state index is -0.532. The number of hydrogen-bond donors (Lipinski definition) is 2. The second-order valence-corrected chi connectivity index (χ2v) is 5.65. The van der Waals surface area contributed by atoms with Gasteiger partial charge in [-0.05, 0) is 30.7 Å². The van der Waals surface area contributed by atoms with E-state index in [1.54, 1.807) is 18.2 Å². The van der Waals surface area contributed by atoms with Crippen molar-refractivity contribution in [3.63, 3.8) is 0 Å². The molecule has 7 heteroatoms. The number of halogens is 2. The van der Waals surface area contributed by atoms with Crippen LogP contribution in [0.15, 0.2) is 46.0 Å². The van der Waals surface area contributed by atoms with E-state index in [-0.39, 0.29) is 11.7 Å². The van der Waals surface area contributed by atoms with E-state index in [2.05, 4.69) is 15.6 Å². The standard InChI is InChI=1S/C17H20F2N4O/c1-20-17(21-10-13-4-3-9-24-13)22-12-7-8-23(11-12)16-14(18)5-2-6-15(16)19/h2-6,9,12H,7-8,10-11H2,1H3,(H2,20,21,22). The molecule has 0 aliphatic carbocycles. The maximum absolute atomic E-state index is 13.9. The third kappa shape index (κ3) is 3.67. The molecular weight excluding hydrogens is 314 g/mol. The average Bonchev–Trinajstić information content (AvgIpc) is 3.23. The molecule has 1 fully saturated rings. The van der Waals surface area contributed by atoms with Crippen molar-refractivity contribution < 1.29 is 13.2 Å². The van der Waals surface area contributed by atoms with Gasteiger partial charge in [-0.3, -0.25) is 4.99 Å². The van der Waals surface area contributed by atoms with Crippen LogP contribution >= 0.6 is 0 Å². The summed E-state index contributed by atoms with van der Waals surface area (Å²) in [5, 5.41) is 6.43.